The van der Waals surface area contributed by atoms with Crippen LogP contribution in [0.3, 0.4) is 0 Å². The van der Waals surface area contributed by atoms with Crippen molar-refractivity contribution in [3.63, 3.8) is 0 Å². The van der Waals surface area contributed by atoms with Crippen LogP contribution >= 0.6 is 0 Å². The number of carbonyl (C=O) groups excluding carboxylic acids is 1. The Hall–Kier alpha value is -3.48. The second-order valence-corrected chi connectivity index (χ2v) is 7.60. The number of carbonyl (C=O) groups is 1. The number of para-hydroxylation sites is 1. The van der Waals surface area contributed by atoms with Crippen molar-refractivity contribution in [3.05, 3.63) is 82.4 Å². The monoisotopic (exact) mass is 421 g/mol. The number of guanidine groups is 1. The van der Waals surface area contributed by atoms with E-state index in [1.807, 2.05) is 49.8 Å². The van der Waals surface area contributed by atoms with Gasteiger partial charge in [0.1, 0.15) is 5.82 Å². The summed E-state index contributed by atoms with van der Waals surface area (Å²) < 4.78 is 16.1. The zero-order chi connectivity index (χ0) is 22.4. The van der Waals surface area contributed by atoms with Crippen LogP contribution in [-0.4, -0.2) is 21.6 Å². The molecule has 3 aromatic rings. The van der Waals surface area contributed by atoms with Crippen molar-refractivity contribution in [2.75, 3.05) is 5.32 Å². The van der Waals surface area contributed by atoms with Crippen LogP contribution in [0.4, 0.5) is 10.1 Å². The zero-order valence-corrected chi connectivity index (χ0v) is 18.4. The van der Waals surface area contributed by atoms with Gasteiger partial charge < -0.3 is 5.32 Å². The lowest BCUT2D eigenvalue weighted by atomic mass is 10.1. The van der Waals surface area contributed by atoms with Crippen molar-refractivity contribution >= 4 is 17.6 Å². The molecule has 1 aromatic heterocycles. The molecule has 0 saturated heterocycles. The van der Waals surface area contributed by atoms with Gasteiger partial charge in [-0.25, -0.2) is 9.38 Å². The van der Waals surface area contributed by atoms with Gasteiger partial charge in [-0.3, -0.25) is 14.8 Å². The van der Waals surface area contributed by atoms with E-state index in [0.29, 0.717) is 12.1 Å². The smallest absolute Gasteiger partial charge is 0.257 e. The molecule has 0 aliphatic rings. The molecule has 7 heteroatoms. The van der Waals surface area contributed by atoms with Crippen molar-refractivity contribution in [1.29, 1.82) is 0 Å². The summed E-state index contributed by atoms with van der Waals surface area (Å²) in [6.45, 7) is 9.02. The van der Waals surface area contributed by atoms with Gasteiger partial charge in [-0.1, -0.05) is 36.2 Å². The van der Waals surface area contributed by atoms with Gasteiger partial charge >= 0.3 is 0 Å². The summed E-state index contributed by atoms with van der Waals surface area (Å²) in [7, 11) is 0. The highest BCUT2D eigenvalue weighted by molar-refractivity contribution is 6.10. The summed E-state index contributed by atoms with van der Waals surface area (Å²) in [6.07, 6.45) is 2.94. The highest BCUT2D eigenvalue weighted by Crippen LogP contribution is 2.14. The first-order valence-electron chi connectivity index (χ1n) is 10.3. The molecule has 2 N–H and O–H groups in total. The maximum Gasteiger partial charge on any atom is 0.257 e. The normalized spacial score (nSPS) is 11.5. The van der Waals surface area contributed by atoms with E-state index < -0.39 is 5.82 Å². The van der Waals surface area contributed by atoms with Crippen molar-refractivity contribution in [1.82, 2.24) is 15.1 Å². The summed E-state index contributed by atoms with van der Waals surface area (Å²) >= 11 is 0. The number of hydrogen-bond acceptors (Lipinski definition) is 3. The van der Waals surface area contributed by atoms with E-state index in [1.54, 1.807) is 18.2 Å². The van der Waals surface area contributed by atoms with E-state index in [1.165, 1.54) is 6.07 Å². The Balaban J connectivity index is 1.86. The molecule has 0 bridgehead atoms. The van der Waals surface area contributed by atoms with Gasteiger partial charge in [0, 0.05) is 23.9 Å². The van der Waals surface area contributed by atoms with Gasteiger partial charge in [-0.15, -0.1) is 0 Å². The van der Waals surface area contributed by atoms with Gasteiger partial charge in [0.2, 0.25) is 5.96 Å². The fourth-order valence-electron chi connectivity index (χ4n) is 3.31. The Bertz CT molecular complexity index is 1080. The van der Waals surface area contributed by atoms with E-state index in [2.05, 4.69) is 27.6 Å². The van der Waals surface area contributed by atoms with Crippen LogP contribution in [0.25, 0.3) is 0 Å². The Morgan fingerprint density at radius 1 is 1.13 bits per heavy atom. The maximum absolute atomic E-state index is 14.2. The Morgan fingerprint density at radius 3 is 2.52 bits per heavy atom. The SMILES string of the molecule is CCCn1cc(CN=C(NC(=O)c2cc(C)cc(C)c2)Nc2ccccc2F)c(C)n1. The molecule has 31 heavy (non-hydrogen) atoms. The Morgan fingerprint density at radius 2 is 1.84 bits per heavy atom. The number of aryl methyl sites for hydroxylation is 4. The largest absolute Gasteiger partial charge is 0.323 e. The summed E-state index contributed by atoms with van der Waals surface area (Å²) in [5.41, 5.74) is 4.56. The molecule has 0 saturated carbocycles. The molecule has 3 rings (SSSR count). The second-order valence-electron chi connectivity index (χ2n) is 7.60. The summed E-state index contributed by atoms with van der Waals surface area (Å²) in [6, 6.07) is 11.9. The van der Waals surface area contributed by atoms with Crippen LogP contribution in [-0.2, 0) is 13.1 Å². The third-order valence-electron chi connectivity index (χ3n) is 4.75. The first kappa shape index (κ1) is 22.2. The number of nitrogens with zero attached hydrogens (tertiary/aromatic N) is 3. The number of amides is 1. The topological polar surface area (TPSA) is 71.3 Å². The molecule has 0 aliphatic heterocycles. The molecule has 0 spiro atoms. The number of nitrogens with one attached hydrogen (secondary N) is 2. The number of rotatable bonds is 6. The first-order chi connectivity index (χ1) is 14.9. The van der Waals surface area contributed by atoms with Crippen molar-refractivity contribution in [2.24, 2.45) is 4.99 Å². The van der Waals surface area contributed by atoms with Crippen molar-refractivity contribution < 1.29 is 9.18 Å². The fourth-order valence-corrected chi connectivity index (χ4v) is 3.31. The fraction of sp³-hybridized carbons (Fsp3) is 0.292. The van der Waals surface area contributed by atoms with Gasteiger partial charge in [-0.2, -0.15) is 5.10 Å². The van der Waals surface area contributed by atoms with Gasteiger partial charge in [0.15, 0.2) is 0 Å². The molecular formula is C24H28FN5O. The minimum Gasteiger partial charge on any atom is -0.323 e. The maximum atomic E-state index is 14.2. The molecule has 0 radical (unpaired) electrons. The van der Waals surface area contributed by atoms with Crippen molar-refractivity contribution in [2.45, 2.75) is 47.2 Å². The standard InChI is InChI=1S/C24H28FN5O/c1-5-10-30-15-20(18(4)29-30)14-26-24(27-22-9-7-6-8-21(22)25)28-23(31)19-12-16(2)11-17(3)13-19/h6-9,11-13,15H,5,10,14H2,1-4H3,(H2,26,27,28,31). The molecule has 1 heterocycles. The minimum atomic E-state index is -0.428. The molecule has 6 nitrogen and oxygen atoms in total. The molecule has 0 fully saturated rings. The third-order valence-corrected chi connectivity index (χ3v) is 4.75. The van der Waals surface area contributed by atoms with Crippen LogP contribution in [0.2, 0.25) is 0 Å². The number of anilines is 1. The molecule has 0 atom stereocenters. The molecule has 0 unspecified atom stereocenters. The summed E-state index contributed by atoms with van der Waals surface area (Å²) in [4.78, 5) is 17.4. The summed E-state index contributed by atoms with van der Waals surface area (Å²) in [5.74, 6) is -0.563. The highest BCUT2D eigenvalue weighted by atomic mass is 19.1. The van der Waals surface area contributed by atoms with Gasteiger partial charge in [0.25, 0.3) is 5.91 Å². The van der Waals surface area contributed by atoms with Crippen LogP contribution < -0.4 is 10.6 Å². The third kappa shape index (κ3) is 6.01. The lowest BCUT2D eigenvalue weighted by Crippen LogP contribution is -2.36. The van der Waals surface area contributed by atoms with Crippen molar-refractivity contribution in [3.8, 4) is 0 Å². The number of hydrogen-bond donors (Lipinski definition) is 2. The number of aliphatic imine (C=N–C) groups is 1. The predicted molar refractivity (Wildman–Crippen MR) is 122 cm³/mol. The predicted octanol–water partition coefficient (Wildman–Crippen LogP) is 4.76. The van der Waals surface area contributed by atoms with Crippen LogP contribution in [0, 0.1) is 26.6 Å². The Kier molecular flexibility index (Phi) is 7.18. The molecule has 0 aliphatic carbocycles. The van der Waals surface area contributed by atoms with E-state index >= 15 is 0 Å². The lowest BCUT2D eigenvalue weighted by Gasteiger charge is -2.13. The van der Waals surface area contributed by atoms with E-state index in [0.717, 1.165) is 35.3 Å². The average Bonchev–Trinajstić information content (AvgIpc) is 3.06. The summed E-state index contributed by atoms with van der Waals surface area (Å²) in [5, 5.41) is 10.2. The molecular weight excluding hydrogens is 393 g/mol. The highest BCUT2D eigenvalue weighted by Gasteiger charge is 2.13. The number of aromatic nitrogens is 2. The lowest BCUT2D eigenvalue weighted by molar-refractivity contribution is 0.0976. The molecule has 2 aromatic carbocycles. The van der Waals surface area contributed by atoms with Crippen LogP contribution in [0.5, 0.6) is 0 Å². The van der Waals surface area contributed by atoms with E-state index in [-0.39, 0.29) is 17.6 Å². The van der Waals surface area contributed by atoms with Crippen LogP contribution in [0.1, 0.15) is 46.1 Å². The van der Waals surface area contributed by atoms with Crippen LogP contribution in [0.15, 0.2) is 53.7 Å². The quantitative estimate of drug-likeness (QED) is 0.445. The Labute approximate surface area is 182 Å². The minimum absolute atomic E-state index is 0.178. The number of benzene rings is 2. The molecule has 162 valence electrons. The van der Waals surface area contributed by atoms with Gasteiger partial charge in [0.05, 0.1) is 17.9 Å². The number of halogens is 1. The zero-order valence-electron chi connectivity index (χ0n) is 18.4. The second kappa shape index (κ2) is 10.0. The van der Waals surface area contributed by atoms with E-state index in [4.69, 9.17) is 0 Å². The molecule has 1 amide bonds. The van der Waals surface area contributed by atoms with Gasteiger partial charge in [-0.05, 0) is 51.5 Å². The average molecular weight is 422 g/mol. The first-order valence-corrected chi connectivity index (χ1v) is 10.3. The van der Waals surface area contributed by atoms with E-state index in [9.17, 15) is 9.18 Å².